The predicted molar refractivity (Wildman–Crippen MR) is 97.0 cm³/mol. The van der Waals surface area contributed by atoms with Crippen LogP contribution in [0.5, 0.6) is 11.5 Å². The minimum atomic E-state index is 0.246. The van der Waals surface area contributed by atoms with Crippen molar-refractivity contribution in [3.63, 3.8) is 0 Å². The predicted octanol–water partition coefficient (Wildman–Crippen LogP) is 3.62. The minimum Gasteiger partial charge on any atom is -0.456 e. The van der Waals surface area contributed by atoms with Crippen LogP contribution in [0.3, 0.4) is 0 Å². The van der Waals surface area contributed by atoms with Crippen molar-refractivity contribution in [2.75, 3.05) is 5.73 Å². The average molecular weight is 339 g/mol. The number of hydrogen-bond acceptors (Lipinski definition) is 6. The zero-order valence-corrected chi connectivity index (χ0v) is 13.6. The first-order chi connectivity index (χ1) is 12.6. The Hall–Kier alpha value is -4.16. The van der Waals surface area contributed by atoms with Gasteiger partial charge >= 0.3 is 0 Å². The van der Waals surface area contributed by atoms with Gasteiger partial charge in [-0.3, -0.25) is 10.4 Å². The van der Waals surface area contributed by atoms with Gasteiger partial charge in [-0.1, -0.05) is 0 Å². The molecule has 1 heterocycles. The molecule has 0 fully saturated rings. The monoisotopic (exact) mass is 339 g/mol. The summed E-state index contributed by atoms with van der Waals surface area (Å²) in [5, 5.41) is 26.6. The number of hydrogen-bond donors (Lipinski definition) is 2. The molecule has 3 aromatic rings. The number of aromatic nitrogens is 1. The summed E-state index contributed by atoms with van der Waals surface area (Å²) in [6.07, 6.45) is 3.21. The van der Waals surface area contributed by atoms with Gasteiger partial charge in [0.2, 0.25) is 0 Å². The van der Waals surface area contributed by atoms with Gasteiger partial charge in [0.05, 0.1) is 22.9 Å². The van der Waals surface area contributed by atoms with Crippen LogP contribution in [-0.4, -0.2) is 10.7 Å². The highest BCUT2D eigenvalue weighted by Crippen LogP contribution is 2.29. The van der Waals surface area contributed by atoms with Gasteiger partial charge in [0.25, 0.3) is 0 Å². The lowest BCUT2D eigenvalue weighted by Crippen LogP contribution is -2.06. The molecule has 0 radical (unpaired) electrons. The minimum absolute atomic E-state index is 0.246. The maximum atomic E-state index is 9.25. The van der Waals surface area contributed by atoms with Gasteiger partial charge in [0.1, 0.15) is 17.6 Å². The summed E-state index contributed by atoms with van der Waals surface area (Å²) in [5.41, 5.74) is 8.54. The van der Waals surface area contributed by atoms with Crippen molar-refractivity contribution in [3.8, 4) is 23.6 Å². The molecule has 6 heteroatoms. The summed E-state index contributed by atoms with van der Waals surface area (Å²) in [6.45, 7) is 0. The van der Waals surface area contributed by atoms with Crippen LogP contribution in [0, 0.1) is 28.1 Å². The van der Waals surface area contributed by atoms with E-state index in [9.17, 15) is 5.26 Å². The number of nitrogens with zero attached hydrogens (tertiary/aromatic N) is 3. The summed E-state index contributed by atoms with van der Waals surface area (Å²) in [6, 6.07) is 17.0. The highest BCUT2D eigenvalue weighted by molar-refractivity contribution is 6.13. The van der Waals surface area contributed by atoms with E-state index in [0.29, 0.717) is 33.9 Å². The van der Waals surface area contributed by atoms with Crippen LogP contribution >= 0.6 is 0 Å². The largest absolute Gasteiger partial charge is 0.456 e. The molecule has 0 spiro atoms. The fraction of sp³-hybridized carbons (Fsp3) is 0. The number of pyridine rings is 1. The zero-order valence-electron chi connectivity index (χ0n) is 13.6. The second-order valence-corrected chi connectivity index (χ2v) is 5.40. The molecule has 1 aromatic heterocycles. The number of nitrogen functional groups attached to an aromatic ring is 1. The molecular weight excluding hydrogens is 326 g/mol. The van der Waals surface area contributed by atoms with Gasteiger partial charge in [0, 0.05) is 29.2 Å². The molecule has 3 N–H and O–H groups in total. The van der Waals surface area contributed by atoms with Crippen LogP contribution in [0.2, 0.25) is 0 Å². The van der Waals surface area contributed by atoms with Crippen molar-refractivity contribution in [1.29, 1.82) is 15.9 Å². The molecule has 0 saturated carbocycles. The van der Waals surface area contributed by atoms with E-state index in [-0.39, 0.29) is 11.3 Å². The number of rotatable bonds is 4. The van der Waals surface area contributed by atoms with Gasteiger partial charge < -0.3 is 10.5 Å². The smallest absolute Gasteiger partial charge is 0.145 e. The number of anilines is 1. The standard InChI is InChI=1S/C20H13N5O/c21-11-13-1-4-19(15(9-13)12-22)26-16-2-3-18(23)17(10-16)20(24)14-5-7-25-8-6-14/h1-10,24H,23H2. The maximum Gasteiger partial charge on any atom is 0.145 e. The molecule has 124 valence electrons. The topological polar surface area (TPSA) is 120 Å². The van der Waals surface area contributed by atoms with Gasteiger partial charge in [-0.15, -0.1) is 0 Å². The molecule has 0 bridgehead atoms. The average Bonchev–Trinajstić information content (AvgIpc) is 2.69. The molecule has 2 aromatic carbocycles. The third-order valence-corrected chi connectivity index (χ3v) is 3.72. The molecular formula is C20H13N5O. The van der Waals surface area contributed by atoms with E-state index in [1.165, 1.54) is 6.07 Å². The van der Waals surface area contributed by atoms with Gasteiger partial charge in [-0.25, -0.2) is 0 Å². The van der Waals surface area contributed by atoms with Crippen molar-refractivity contribution < 1.29 is 4.74 Å². The van der Waals surface area contributed by atoms with E-state index < -0.39 is 0 Å². The van der Waals surface area contributed by atoms with Crippen molar-refractivity contribution in [2.24, 2.45) is 0 Å². The number of ether oxygens (including phenoxy) is 1. The van der Waals surface area contributed by atoms with E-state index >= 15 is 0 Å². The Balaban J connectivity index is 1.95. The number of nitriles is 2. The SMILES string of the molecule is N#Cc1ccc(Oc2ccc(N)c(C(=N)c3ccncc3)c2)c(C#N)c1. The Kier molecular flexibility index (Phi) is 4.60. The van der Waals surface area contributed by atoms with E-state index in [1.54, 1.807) is 54.9 Å². The van der Waals surface area contributed by atoms with E-state index in [2.05, 4.69) is 4.98 Å². The summed E-state index contributed by atoms with van der Waals surface area (Å²) < 4.78 is 5.79. The van der Waals surface area contributed by atoms with Crippen LogP contribution in [0.4, 0.5) is 5.69 Å². The van der Waals surface area contributed by atoms with Gasteiger partial charge in [0.15, 0.2) is 0 Å². The van der Waals surface area contributed by atoms with E-state index in [0.717, 1.165) is 0 Å². The molecule has 6 nitrogen and oxygen atoms in total. The first-order valence-corrected chi connectivity index (χ1v) is 7.63. The summed E-state index contributed by atoms with van der Waals surface area (Å²) in [7, 11) is 0. The van der Waals surface area contributed by atoms with Crippen LogP contribution in [-0.2, 0) is 0 Å². The normalized spacial score (nSPS) is 9.77. The Labute approximate surface area is 150 Å². The second-order valence-electron chi connectivity index (χ2n) is 5.40. The molecule has 0 aliphatic carbocycles. The van der Waals surface area contributed by atoms with E-state index in [4.69, 9.17) is 21.1 Å². The lowest BCUT2D eigenvalue weighted by atomic mass is 10.0. The molecule has 0 unspecified atom stereocenters. The van der Waals surface area contributed by atoms with Crippen molar-refractivity contribution in [3.05, 3.63) is 83.2 Å². The Morgan fingerprint density at radius 3 is 2.46 bits per heavy atom. The van der Waals surface area contributed by atoms with Crippen LogP contribution in [0.1, 0.15) is 22.3 Å². The highest BCUT2D eigenvalue weighted by atomic mass is 16.5. The third kappa shape index (κ3) is 3.35. The lowest BCUT2D eigenvalue weighted by molar-refractivity contribution is 0.481. The molecule has 0 saturated heterocycles. The first kappa shape index (κ1) is 16.7. The Bertz CT molecular complexity index is 1060. The quantitative estimate of drug-likeness (QED) is 0.555. The Morgan fingerprint density at radius 2 is 1.77 bits per heavy atom. The Morgan fingerprint density at radius 1 is 1.00 bits per heavy atom. The van der Waals surface area contributed by atoms with Crippen molar-refractivity contribution in [2.45, 2.75) is 0 Å². The fourth-order valence-electron chi connectivity index (χ4n) is 2.39. The maximum absolute atomic E-state index is 9.25. The van der Waals surface area contributed by atoms with Crippen molar-refractivity contribution >= 4 is 11.4 Å². The van der Waals surface area contributed by atoms with Gasteiger partial charge in [-0.05, 0) is 48.5 Å². The molecule has 0 atom stereocenters. The molecule has 0 aliphatic rings. The zero-order chi connectivity index (χ0) is 18.5. The van der Waals surface area contributed by atoms with Crippen LogP contribution < -0.4 is 10.5 Å². The summed E-state index contributed by atoms with van der Waals surface area (Å²) in [4.78, 5) is 3.94. The van der Waals surface area contributed by atoms with Crippen LogP contribution in [0.15, 0.2) is 60.9 Å². The summed E-state index contributed by atoms with van der Waals surface area (Å²) >= 11 is 0. The van der Waals surface area contributed by atoms with Crippen LogP contribution in [0.25, 0.3) is 0 Å². The summed E-state index contributed by atoms with van der Waals surface area (Å²) in [5.74, 6) is 0.770. The second kappa shape index (κ2) is 7.16. The first-order valence-electron chi connectivity index (χ1n) is 7.63. The van der Waals surface area contributed by atoms with Crippen molar-refractivity contribution in [1.82, 2.24) is 4.98 Å². The number of nitrogens with one attached hydrogen (secondary N) is 1. The molecule has 3 rings (SSSR count). The number of nitrogens with two attached hydrogens (primary N) is 1. The lowest BCUT2D eigenvalue weighted by Gasteiger charge is -2.12. The molecule has 26 heavy (non-hydrogen) atoms. The highest BCUT2D eigenvalue weighted by Gasteiger charge is 2.12. The molecule has 0 aliphatic heterocycles. The number of benzene rings is 2. The van der Waals surface area contributed by atoms with E-state index in [1.807, 2.05) is 12.1 Å². The third-order valence-electron chi connectivity index (χ3n) is 3.72. The molecule has 0 amide bonds. The van der Waals surface area contributed by atoms with Gasteiger partial charge in [-0.2, -0.15) is 10.5 Å². The fourth-order valence-corrected chi connectivity index (χ4v) is 2.39.